The zero-order chi connectivity index (χ0) is 12.3. The molecule has 17 heavy (non-hydrogen) atoms. The number of benzene rings is 1. The Kier molecular flexibility index (Phi) is 3.81. The van der Waals surface area contributed by atoms with Crippen molar-refractivity contribution in [3.05, 3.63) is 58.3 Å². The van der Waals surface area contributed by atoms with Crippen LogP contribution in [0.3, 0.4) is 0 Å². The van der Waals surface area contributed by atoms with E-state index in [1.54, 1.807) is 12.3 Å². The highest BCUT2D eigenvalue weighted by Gasteiger charge is 2.12. The molecule has 0 aliphatic carbocycles. The van der Waals surface area contributed by atoms with Crippen molar-refractivity contribution < 1.29 is 9.50 Å². The standard InChI is InChI=1S/C12H10BrFN2O/c13-10-6-9(14)2-1-8(10)5-12(17)11-7-15-3-4-16-11/h1-4,6-7,12,17H,5H2. The highest BCUT2D eigenvalue weighted by molar-refractivity contribution is 9.10. The van der Waals surface area contributed by atoms with Gasteiger partial charge in [-0.25, -0.2) is 4.39 Å². The second-order valence-corrected chi connectivity index (χ2v) is 4.44. The van der Waals surface area contributed by atoms with E-state index in [1.807, 2.05) is 0 Å². The Morgan fingerprint density at radius 3 is 2.82 bits per heavy atom. The van der Waals surface area contributed by atoms with Crippen LogP contribution in [0.1, 0.15) is 17.4 Å². The number of rotatable bonds is 3. The number of hydrogen-bond donors (Lipinski definition) is 1. The van der Waals surface area contributed by atoms with Crippen LogP contribution in [0.15, 0.2) is 41.3 Å². The molecule has 2 aromatic rings. The third kappa shape index (κ3) is 3.08. The molecule has 0 bridgehead atoms. The summed E-state index contributed by atoms with van der Waals surface area (Å²) in [5, 5.41) is 9.95. The van der Waals surface area contributed by atoms with Gasteiger partial charge >= 0.3 is 0 Å². The maximum atomic E-state index is 12.9. The maximum absolute atomic E-state index is 12.9. The van der Waals surface area contributed by atoms with Crippen LogP contribution in [-0.4, -0.2) is 15.1 Å². The van der Waals surface area contributed by atoms with Gasteiger partial charge in [-0.2, -0.15) is 0 Å². The largest absolute Gasteiger partial charge is 0.386 e. The summed E-state index contributed by atoms with van der Waals surface area (Å²) >= 11 is 3.26. The Morgan fingerprint density at radius 2 is 2.18 bits per heavy atom. The fourth-order valence-electron chi connectivity index (χ4n) is 1.48. The van der Waals surface area contributed by atoms with Gasteiger partial charge in [-0.15, -0.1) is 0 Å². The fourth-order valence-corrected chi connectivity index (χ4v) is 2.00. The van der Waals surface area contributed by atoms with Crippen molar-refractivity contribution in [2.75, 3.05) is 0 Å². The van der Waals surface area contributed by atoms with Crippen molar-refractivity contribution in [2.45, 2.75) is 12.5 Å². The number of hydrogen-bond acceptors (Lipinski definition) is 3. The van der Waals surface area contributed by atoms with Gasteiger partial charge in [0.1, 0.15) is 11.9 Å². The van der Waals surface area contributed by atoms with Crippen LogP contribution in [0.25, 0.3) is 0 Å². The summed E-state index contributed by atoms with van der Waals surface area (Å²) < 4.78 is 13.5. The molecule has 1 aromatic carbocycles. The van der Waals surface area contributed by atoms with Gasteiger partial charge in [0.25, 0.3) is 0 Å². The molecule has 88 valence electrons. The van der Waals surface area contributed by atoms with E-state index in [0.717, 1.165) is 5.56 Å². The van der Waals surface area contributed by atoms with Crippen molar-refractivity contribution in [2.24, 2.45) is 0 Å². The van der Waals surface area contributed by atoms with E-state index >= 15 is 0 Å². The minimum atomic E-state index is -0.745. The lowest BCUT2D eigenvalue weighted by Gasteiger charge is -2.10. The number of nitrogens with zero attached hydrogens (tertiary/aromatic N) is 2. The Morgan fingerprint density at radius 1 is 1.35 bits per heavy atom. The van der Waals surface area contributed by atoms with Crippen LogP contribution >= 0.6 is 15.9 Å². The lowest BCUT2D eigenvalue weighted by atomic mass is 10.1. The SMILES string of the molecule is OC(Cc1ccc(F)cc1Br)c1cnccn1. The van der Waals surface area contributed by atoms with Crippen molar-refractivity contribution in [1.82, 2.24) is 9.97 Å². The molecule has 0 spiro atoms. The first-order valence-electron chi connectivity index (χ1n) is 5.04. The second kappa shape index (κ2) is 5.33. The minimum Gasteiger partial charge on any atom is -0.386 e. The summed E-state index contributed by atoms with van der Waals surface area (Å²) in [4.78, 5) is 7.91. The van der Waals surface area contributed by atoms with Crippen LogP contribution in [0, 0.1) is 5.82 Å². The zero-order valence-corrected chi connectivity index (χ0v) is 10.4. The minimum absolute atomic E-state index is 0.311. The quantitative estimate of drug-likeness (QED) is 0.947. The molecule has 1 unspecified atom stereocenters. The third-order valence-corrected chi connectivity index (χ3v) is 3.09. The summed E-state index contributed by atoms with van der Waals surface area (Å²) in [6.45, 7) is 0. The van der Waals surface area contributed by atoms with Gasteiger partial charge in [-0.1, -0.05) is 22.0 Å². The van der Waals surface area contributed by atoms with E-state index in [0.29, 0.717) is 16.6 Å². The van der Waals surface area contributed by atoms with Crippen LogP contribution < -0.4 is 0 Å². The van der Waals surface area contributed by atoms with Gasteiger partial charge in [0.2, 0.25) is 0 Å². The second-order valence-electron chi connectivity index (χ2n) is 3.59. The Labute approximate surface area is 106 Å². The summed E-state index contributed by atoms with van der Waals surface area (Å²) in [7, 11) is 0. The normalized spacial score (nSPS) is 12.4. The summed E-state index contributed by atoms with van der Waals surface area (Å²) in [5.74, 6) is -0.311. The van der Waals surface area contributed by atoms with Gasteiger partial charge in [-0.05, 0) is 17.7 Å². The van der Waals surface area contributed by atoms with Crippen molar-refractivity contribution in [3.63, 3.8) is 0 Å². The molecular weight excluding hydrogens is 287 g/mol. The molecule has 1 heterocycles. The predicted molar refractivity (Wildman–Crippen MR) is 64.8 cm³/mol. The first-order valence-corrected chi connectivity index (χ1v) is 5.84. The molecule has 3 nitrogen and oxygen atoms in total. The average Bonchev–Trinajstić information content (AvgIpc) is 2.34. The molecule has 0 aliphatic rings. The van der Waals surface area contributed by atoms with E-state index in [9.17, 15) is 9.50 Å². The van der Waals surface area contributed by atoms with Crippen LogP contribution in [-0.2, 0) is 6.42 Å². The van der Waals surface area contributed by atoms with Gasteiger partial charge in [0, 0.05) is 23.3 Å². The van der Waals surface area contributed by atoms with Crippen molar-refractivity contribution >= 4 is 15.9 Å². The molecule has 5 heteroatoms. The topological polar surface area (TPSA) is 46.0 Å². The fraction of sp³-hybridized carbons (Fsp3) is 0.167. The first kappa shape index (κ1) is 12.1. The highest BCUT2D eigenvalue weighted by Crippen LogP contribution is 2.23. The average molecular weight is 297 g/mol. The highest BCUT2D eigenvalue weighted by atomic mass is 79.9. The van der Waals surface area contributed by atoms with Crippen molar-refractivity contribution in [1.29, 1.82) is 0 Å². The van der Waals surface area contributed by atoms with Gasteiger partial charge < -0.3 is 5.11 Å². The number of halogens is 2. The van der Waals surface area contributed by atoms with E-state index < -0.39 is 6.10 Å². The maximum Gasteiger partial charge on any atom is 0.124 e. The van der Waals surface area contributed by atoms with Crippen LogP contribution in [0.5, 0.6) is 0 Å². The first-order chi connectivity index (χ1) is 8.16. The van der Waals surface area contributed by atoms with E-state index in [2.05, 4.69) is 25.9 Å². The Bertz CT molecular complexity index is 507. The molecule has 1 atom stereocenters. The van der Waals surface area contributed by atoms with Gasteiger partial charge in [0.05, 0.1) is 11.9 Å². The van der Waals surface area contributed by atoms with Crippen LogP contribution in [0.2, 0.25) is 0 Å². The smallest absolute Gasteiger partial charge is 0.124 e. The Balaban J connectivity index is 2.16. The zero-order valence-electron chi connectivity index (χ0n) is 8.85. The summed E-state index contributed by atoms with van der Waals surface area (Å²) in [6, 6.07) is 4.38. The molecule has 2 rings (SSSR count). The van der Waals surface area contributed by atoms with E-state index in [-0.39, 0.29) is 5.82 Å². The predicted octanol–water partition coefficient (Wildman–Crippen LogP) is 2.65. The molecule has 0 fully saturated rings. The molecular formula is C12H10BrFN2O. The summed E-state index contributed by atoms with van der Waals surface area (Å²) in [6.07, 6.45) is 4.20. The summed E-state index contributed by atoms with van der Waals surface area (Å²) in [5.41, 5.74) is 1.33. The van der Waals surface area contributed by atoms with Crippen molar-refractivity contribution in [3.8, 4) is 0 Å². The molecule has 0 aliphatic heterocycles. The van der Waals surface area contributed by atoms with Gasteiger partial charge in [-0.3, -0.25) is 9.97 Å². The van der Waals surface area contributed by atoms with Crippen LogP contribution in [0.4, 0.5) is 4.39 Å². The molecule has 1 N–H and O–H groups in total. The van der Waals surface area contributed by atoms with E-state index in [4.69, 9.17) is 0 Å². The molecule has 0 radical (unpaired) electrons. The lowest BCUT2D eigenvalue weighted by molar-refractivity contribution is 0.173. The lowest BCUT2D eigenvalue weighted by Crippen LogP contribution is -2.05. The number of aromatic nitrogens is 2. The van der Waals surface area contributed by atoms with Gasteiger partial charge in [0.15, 0.2) is 0 Å². The monoisotopic (exact) mass is 296 g/mol. The molecule has 1 aromatic heterocycles. The molecule has 0 saturated carbocycles. The Hall–Kier alpha value is -1.33. The molecule has 0 saturated heterocycles. The van der Waals surface area contributed by atoms with E-state index in [1.165, 1.54) is 24.5 Å². The third-order valence-electron chi connectivity index (χ3n) is 2.35. The number of aliphatic hydroxyl groups excluding tert-OH is 1. The number of aliphatic hydroxyl groups is 1. The molecule has 0 amide bonds.